The predicted molar refractivity (Wildman–Crippen MR) is 49.4 cm³/mol. The third-order valence-corrected chi connectivity index (χ3v) is 1.84. The van der Waals surface area contributed by atoms with Gasteiger partial charge in [-0.2, -0.15) is 0 Å². The minimum atomic E-state index is 0.627. The molecule has 0 radical (unpaired) electrons. The van der Waals surface area contributed by atoms with Crippen molar-refractivity contribution < 1.29 is 0 Å². The topological polar surface area (TPSA) is 6.48 Å². The van der Waals surface area contributed by atoms with Crippen LogP contribution in [-0.4, -0.2) is 42.9 Å². The van der Waals surface area contributed by atoms with Crippen LogP contribution in [0.25, 0.3) is 0 Å². The smallest absolute Gasteiger partial charge is 0.0240 e. The molecule has 0 spiro atoms. The maximum absolute atomic E-state index is 4.19. The summed E-state index contributed by atoms with van der Waals surface area (Å²) in [6.07, 6.45) is 1.18. The van der Waals surface area contributed by atoms with E-state index in [2.05, 4.69) is 38.7 Å². The summed E-state index contributed by atoms with van der Waals surface area (Å²) >= 11 is 4.19. The van der Waals surface area contributed by atoms with Crippen LogP contribution < -0.4 is 0 Å². The van der Waals surface area contributed by atoms with Crippen molar-refractivity contribution in [3.63, 3.8) is 0 Å². The minimum Gasteiger partial charge on any atom is -0.305 e. The van der Waals surface area contributed by atoms with Crippen LogP contribution in [0.5, 0.6) is 0 Å². The van der Waals surface area contributed by atoms with Gasteiger partial charge in [0, 0.05) is 12.6 Å². The fraction of sp³-hybridized carbons (Fsp3) is 1.00. The average Bonchev–Trinajstić information content (AvgIpc) is 1.81. The normalized spacial score (nSPS) is 14.7. The Morgan fingerprint density at radius 2 is 1.80 bits per heavy atom. The van der Waals surface area contributed by atoms with E-state index >= 15 is 0 Å². The first-order valence-corrected chi connectivity index (χ1v) is 4.04. The van der Waals surface area contributed by atoms with Gasteiger partial charge in [-0.3, -0.25) is 4.31 Å². The van der Waals surface area contributed by atoms with E-state index in [9.17, 15) is 0 Å². The first kappa shape index (κ1) is 10.3. The van der Waals surface area contributed by atoms with Gasteiger partial charge in [-0.1, -0.05) is 19.7 Å². The molecule has 0 fully saturated rings. The van der Waals surface area contributed by atoms with E-state index in [1.807, 2.05) is 11.4 Å². The summed E-state index contributed by atoms with van der Waals surface area (Å²) in [5.74, 6) is 0. The van der Waals surface area contributed by atoms with Gasteiger partial charge in [0.15, 0.2) is 0 Å². The highest BCUT2D eigenvalue weighted by molar-refractivity contribution is 7.77. The van der Waals surface area contributed by atoms with E-state index in [4.69, 9.17) is 0 Å². The molecule has 0 saturated carbocycles. The van der Waals surface area contributed by atoms with Crippen LogP contribution in [0.2, 0.25) is 0 Å². The van der Waals surface area contributed by atoms with Crippen molar-refractivity contribution in [2.45, 2.75) is 19.4 Å². The van der Waals surface area contributed by atoms with Crippen molar-refractivity contribution >= 4 is 12.8 Å². The molecule has 0 saturated heterocycles. The lowest BCUT2D eigenvalue weighted by molar-refractivity contribution is 0.255. The van der Waals surface area contributed by atoms with Gasteiger partial charge in [-0.25, -0.2) is 0 Å². The van der Waals surface area contributed by atoms with Crippen molar-refractivity contribution in [2.75, 3.05) is 27.7 Å². The van der Waals surface area contributed by atoms with Crippen LogP contribution in [0.15, 0.2) is 0 Å². The highest BCUT2D eigenvalue weighted by Crippen LogP contribution is 2.01. The standard InChI is InChI=1S/C7H18N2S/c1-5-7(8(2)3)6-9(4)10/h7,10H,5-6H2,1-4H3. The summed E-state index contributed by atoms with van der Waals surface area (Å²) < 4.78 is 1.92. The average molecular weight is 162 g/mol. The SMILES string of the molecule is CCC(CN(C)S)N(C)C. The van der Waals surface area contributed by atoms with Crippen LogP contribution >= 0.6 is 12.8 Å². The molecule has 0 amide bonds. The molecule has 0 rings (SSSR count). The van der Waals surface area contributed by atoms with Gasteiger partial charge in [0.05, 0.1) is 0 Å². The second-order valence-electron chi connectivity index (χ2n) is 2.87. The number of hydrogen-bond donors (Lipinski definition) is 1. The highest BCUT2D eigenvalue weighted by atomic mass is 32.1. The van der Waals surface area contributed by atoms with E-state index in [-0.39, 0.29) is 0 Å². The van der Waals surface area contributed by atoms with Crippen molar-refractivity contribution in [2.24, 2.45) is 0 Å². The molecule has 0 bridgehead atoms. The molecule has 0 aliphatic rings. The monoisotopic (exact) mass is 162 g/mol. The molecule has 3 heteroatoms. The van der Waals surface area contributed by atoms with Crippen molar-refractivity contribution in [3.05, 3.63) is 0 Å². The Labute approximate surface area is 69.7 Å². The van der Waals surface area contributed by atoms with Gasteiger partial charge >= 0.3 is 0 Å². The maximum atomic E-state index is 4.19. The molecule has 0 heterocycles. The molecule has 2 nitrogen and oxygen atoms in total. The molecule has 62 valence electrons. The van der Waals surface area contributed by atoms with Crippen LogP contribution in [0.3, 0.4) is 0 Å². The molecular formula is C7H18N2S. The Morgan fingerprint density at radius 1 is 1.30 bits per heavy atom. The zero-order chi connectivity index (χ0) is 8.15. The first-order valence-electron chi connectivity index (χ1n) is 3.64. The number of thiol groups is 1. The highest BCUT2D eigenvalue weighted by Gasteiger charge is 2.08. The van der Waals surface area contributed by atoms with Crippen molar-refractivity contribution in [1.29, 1.82) is 0 Å². The van der Waals surface area contributed by atoms with Crippen LogP contribution in [0.4, 0.5) is 0 Å². The van der Waals surface area contributed by atoms with E-state index in [0.717, 1.165) is 6.54 Å². The zero-order valence-corrected chi connectivity index (χ0v) is 8.23. The van der Waals surface area contributed by atoms with Gasteiger partial charge in [-0.15, -0.1) is 0 Å². The second kappa shape index (κ2) is 4.99. The Bertz CT molecular complexity index is 83.7. The molecule has 0 aliphatic carbocycles. The quantitative estimate of drug-likeness (QED) is 0.619. The fourth-order valence-corrected chi connectivity index (χ4v) is 1.15. The van der Waals surface area contributed by atoms with Gasteiger partial charge in [0.1, 0.15) is 0 Å². The van der Waals surface area contributed by atoms with Crippen LogP contribution in [-0.2, 0) is 0 Å². The Kier molecular flexibility index (Phi) is 5.13. The summed E-state index contributed by atoms with van der Waals surface area (Å²) in [4.78, 5) is 2.23. The molecule has 0 N–H and O–H groups in total. The first-order chi connectivity index (χ1) is 4.57. The number of nitrogens with zero attached hydrogens (tertiary/aromatic N) is 2. The summed E-state index contributed by atoms with van der Waals surface area (Å²) in [5.41, 5.74) is 0. The van der Waals surface area contributed by atoms with Gasteiger partial charge in [0.2, 0.25) is 0 Å². The van der Waals surface area contributed by atoms with E-state index in [0.29, 0.717) is 6.04 Å². The largest absolute Gasteiger partial charge is 0.305 e. The van der Waals surface area contributed by atoms with Gasteiger partial charge in [0.25, 0.3) is 0 Å². The van der Waals surface area contributed by atoms with E-state index in [1.165, 1.54) is 6.42 Å². The third kappa shape index (κ3) is 4.14. The van der Waals surface area contributed by atoms with Gasteiger partial charge < -0.3 is 4.90 Å². The van der Waals surface area contributed by atoms with Crippen LogP contribution in [0, 0.1) is 0 Å². The molecule has 0 aromatic heterocycles. The molecule has 0 aromatic carbocycles. The molecule has 0 aromatic rings. The van der Waals surface area contributed by atoms with Crippen molar-refractivity contribution in [1.82, 2.24) is 9.21 Å². The Hall–Kier alpha value is 0.270. The zero-order valence-electron chi connectivity index (χ0n) is 7.33. The maximum Gasteiger partial charge on any atom is 0.0240 e. The van der Waals surface area contributed by atoms with E-state index < -0.39 is 0 Å². The Balaban J connectivity index is 3.60. The second-order valence-corrected chi connectivity index (χ2v) is 3.55. The van der Waals surface area contributed by atoms with Crippen molar-refractivity contribution in [3.8, 4) is 0 Å². The molecule has 1 unspecified atom stereocenters. The number of rotatable bonds is 4. The summed E-state index contributed by atoms with van der Waals surface area (Å²) in [6.45, 7) is 3.22. The molecule has 10 heavy (non-hydrogen) atoms. The lowest BCUT2D eigenvalue weighted by atomic mass is 10.2. The minimum absolute atomic E-state index is 0.627. The number of likely N-dealkylation sites (N-methyl/N-ethyl adjacent to an activating group) is 2. The van der Waals surface area contributed by atoms with Gasteiger partial charge in [-0.05, 0) is 27.6 Å². The molecular weight excluding hydrogens is 144 g/mol. The third-order valence-electron chi connectivity index (χ3n) is 1.68. The van der Waals surface area contributed by atoms with Crippen LogP contribution in [0.1, 0.15) is 13.3 Å². The summed E-state index contributed by atoms with van der Waals surface area (Å²) in [6, 6.07) is 0.627. The predicted octanol–water partition coefficient (Wildman–Crippen LogP) is 1.10. The Morgan fingerprint density at radius 3 is 1.90 bits per heavy atom. The summed E-state index contributed by atoms with van der Waals surface area (Å²) in [7, 11) is 6.19. The van der Waals surface area contributed by atoms with E-state index in [1.54, 1.807) is 0 Å². The lowest BCUT2D eigenvalue weighted by Gasteiger charge is -2.25. The number of hydrogen-bond acceptors (Lipinski definition) is 3. The fourth-order valence-electron chi connectivity index (χ4n) is 0.963. The summed E-state index contributed by atoms with van der Waals surface area (Å²) in [5, 5.41) is 0. The molecule has 1 atom stereocenters. The molecule has 0 aliphatic heterocycles. The lowest BCUT2D eigenvalue weighted by Crippen LogP contribution is -2.35.